The highest BCUT2D eigenvalue weighted by molar-refractivity contribution is 5.41. The molecule has 0 aromatic heterocycles. The first-order valence-electron chi connectivity index (χ1n) is 11.9. The van der Waals surface area contributed by atoms with Crippen molar-refractivity contribution in [2.75, 3.05) is 46.2 Å². The number of hydrogen-bond acceptors (Lipinski definition) is 6. The summed E-state index contributed by atoms with van der Waals surface area (Å²) in [5.41, 5.74) is 2.22. The highest BCUT2D eigenvalue weighted by Crippen LogP contribution is 2.33. The Morgan fingerprint density at radius 2 is 1.45 bits per heavy atom. The predicted molar refractivity (Wildman–Crippen MR) is 128 cm³/mol. The van der Waals surface area contributed by atoms with Gasteiger partial charge in [0.25, 0.3) is 0 Å². The molecule has 0 spiro atoms. The van der Waals surface area contributed by atoms with Crippen LogP contribution in [0.25, 0.3) is 0 Å². The molecule has 0 saturated carbocycles. The fourth-order valence-electron chi connectivity index (χ4n) is 3.38. The van der Waals surface area contributed by atoms with Crippen molar-refractivity contribution >= 4 is 0 Å². The largest absolute Gasteiger partial charge is 0.491 e. The maximum Gasteiger partial charge on any atom is 0.119 e. The molecular weight excluding hydrogens is 420 g/mol. The van der Waals surface area contributed by atoms with Crippen LogP contribution in [0.15, 0.2) is 48.5 Å². The molecule has 33 heavy (non-hydrogen) atoms. The second-order valence-corrected chi connectivity index (χ2v) is 8.95. The molecule has 1 N–H and O–H groups in total. The van der Waals surface area contributed by atoms with Crippen LogP contribution in [0, 0.1) is 0 Å². The standard InChI is InChI=1S/C27H38O6/c1-4-5-14-29-15-16-30-17-23(28)18-31-24-10-6-21(7-11-24)27(2,3)22-8-12-25(13-9-22)32-19-26-20-33-26/h6-13,23,26,28H,4-5,14-20H2,1-3H3. The molecule has 1 aliphatic heterocycles. The minimum absolute atomic E-state index is 0.163. The summed E-state index contributed by atoms with van der Waals surface area (Å²) in [4.78, 5) is 0. The molecule has 2 atom stereocenters. The van der Waals surface area contributed by atoms with E-state index in [2.05, 4.69) is 45.0 Å². The average Bonchev–Trinajstić information content (AvgIpc) is 3.66. The number of ether oxygens (including phenoxy) is 5. The van der Waals surface area contributed by atoms with E-state index in [0.717, 1.165) is 37.6 Å². The Hall–Kier alpha value is -2.12. The predicted octanol–water partition coefficient (Wildman–Crippen LogP) is 4.36. The van der Waals surface area contributed by atoms with Crippen LogP contribution in [0.2, 0.25) is 0 Å². The Labute approximate surface area is 197 Å². The van der Waals surface area contributed by atoms with Crippen molar-refractivity contribution in [1.82, 2.24) is 0 Å². The van der Waals surface area contributed by atoms with Crippen LogP contribution in [0.1, 0.15) is 44.7 Å². The van der Waals surface area contributed by atoms with Crippen molar-refractivity contribution in [3.8, 4) is 11.5 Å². The number of aliphatic hydroxyl groups is 1. The topological polar surface area (TPSA) is 69.7 Å². The molecule has 3 rings (SSSR count). The monoisotopic (exact) mass is 458 g/mol. The fraction of sp³-hybridized carbons (Fsp3) is 0.556. The van der Waals surface area contributed by atoms with Gasteiger partial charge < -0.3 is 28.8 Å². The third-order valence-electron chi connectivity index (χ3n) is 5.76. The SMILES string of the molecule is CCCCOCCOCC(O)COc1ccc(C(C)(C)c2ccc(OCC3CO3)cc2)cc1. The number of unbranched alkanes of at least 4 members (excludes halogenated alkanes) is 1. The van der Waals surface area contributed by atoms with Gasteiger partial charge in [-0.1, -0.05) is 51.5 Å². The molecule has 1 heterocycles. The maximum atomic E-state index is 10.1. The summed E-state index contributed by atoms with van der Waals surface area (Å²) >= 11 is 0. The lowest BCUT2D eigenvalue weighted by Crippen LogP contribution is -2.24. The van der Waals surface area contributed by atoms with E-state index in [1.54, 1.807) is 0 Å². The highest BCUT2D eigenvalue weighted by atomic mass is 16.6. The lowest BCUT2D eigenvalue weighted by atomic mass is 9.78. The lowest BCUT2D eigenvalue weighted by Gasteiger charge is -2.26. The Kier molecular flexibility index (Phi) is 10.0. The third-order valence-corrected chi connectivity index (χ3v) is 5.76. The fourth-order valence-corrected chi connectivity index (χ4v) is 3.38. The van der Waals surface area contributed by atoms with Crippen LogP contribution < -0.4 is 9.47 Å². The Morgan fingerprint density at radius 1 is 0.879 bits per heavy atom. The molecule has 6 heteroatoms. The maximum absolute atomic E-state index is 10.1. The summed E-state index contributed by atoms with van der Waals surface area (Å²) in [5.74, 6) is 1.59. The van der Waals surface area contributed by atoms with E-state index in [1.807, 2.05) is 24.3 Å². The minimum atomic E-state index is -0.677. The number of rotatable bonds is 16. The third kappa shape index (κ3) is 8.63. The van der Waals surface area contributed by atoms with Gasteiger partial charge in [0.15, 0.2) is 0 Å². The molecule has 2 aromatic carbocycles. The van der Waals surface area contributed by atoms with Gasteiger partial charge in [-0.2, -0.15) is 0 Å². The van der Waals surface area contributed by atoms with E-state index in [0.29, 0.717) is 19.8 Å². The number of hydrogen-bond donors (Lipinski definition) is 1. The summed E-state index contributed by atoms with van der Waals surface area (Å²) in [6.07, 6.45) is 1.76. The molecule has 2 aromatic rings. The van der Waals surface area contributed by atoms with Crippen LogP contribution in [0.3, 0.4) is 0 Å². The van der Waals surface area contributed by atoms with Crippen molar-refractivity contribution < 1.29 is 28.8 Å². The zero-order chi connectivity index (χ0) is 23.5. The molecule has 6 nitrogen and oxygen atoms in total. The molecule has 0 bridgehead atoms. The Morgan fingerprint density at radius 3 is 2.03 bits per heavy atom. The first kappa shape index (κ1) is 25.5. The Bertz CT molecular complexity index is 798. The van der Waals surface area contributed by atoms with Gasteiger partial charge in [-0.05, 0) is 41.8 Å². The molecule has 1 fully saturated rings. The molecule has 1 aliphatic rings. The second kappa shape index (κ2) is 12.9. The summed E-state index contributed by atoms with van der Waals surface area (Å²) in [5, 5.41) is 10.1. The molecule has 0 aliphatic carbocycles. The zero-order valence-electron chi connectivity index (χ0n) is 20.1. The molecule has 0 amide bonds. The molecule has 2 unspecified atom stereocenters. The average molecular weight is 459 g/mol. The summed E-state index contributed by atoms with van der Waals surface area (Å²) in [6, 6.07) is 16.3. The number of epoxide rings is 1. The van der Waals surface area contributed by atoms with Crippen LogP contribution in [0.4, 0.5) is 0 Å². The van der Waals surface area contributed by atoms with Crippen LogP contribution in [0.5, 0.6) is 11.5 Å². The minimum Gasteiger partial charge on any atom is -0.491 e. The van der Waals surface area contributed by atoms with E-state index >= 15 is 0 Å². The van der Waals surface area contributed by atoms with Crippen LogP contribution >= 0.6 is 0 Å². The van der Waals surface area contributed by atoms with Gasteiger partial charge in [-0.3, -0.25) is 0 Å². The highest BCUT2D eigenvalue weighted by Gasteiger charge is 2.25. The number of benzene rings is 2. The van der Waals surface area contributed by atoms with E-state index in [1.165, 1.54) is 11.1 Å². The van der Waals surface area contributed by atoms with Crippen molar-refractivity contribution in [2.24, 2.45) is 0 Å². The second-order valence-electron chi connectivity index (χ2n) is 8.95. The normalized spacial score (nSPS) is 16.4. The summed E-state index contributed by atoms with van der Waals surface area (Å²) < 4.78 is 27.5. The summed E-state index contributed by atoms with van der Waals surface area (Å²) in [6.45, 7) is 10.1. The van der Waals surface area contributed by atoms with Gasteiger partial charge in [0.2, 0.25) is 0 Å². The van der Waals surface area contributed by atoms with Crippen molar-refractivity contribution in [3.05, 3.63) is 59.7 Å². The first-order valence-corrected chi connectivity index (χ1v) is 11.9. The van der Waals surface area contributed by atoms with E-state index < -0.39 is 6.10 Å². The van der Waals surface area contributed by atoms with Gasteiger partial charge in [-0.25, -0.2) is 0 Å². The van der Waals surface area contributed by atoms with Crippen LogP contribution in [-0.4, -0.2) is 63.6 Å². The van der Waals surface area contributed by atoms with E-state index in [9.17, 15) is 5.11 Å². The zero-order valence-corrected chi connectivity index (χ0v) is 20.1. The Balaban J connectivity index is 1.41. The summed E-state index contributed by atoms with van der Waals surface area (Å²) in [7, 11) is 0. The smallest absolute Gasteiger partial charge is 0.119 e. The van der Waals surface area contributed by atoms with Crippen molar-refractivity contribution in [3.63, 3.8) is 0 Å². The number of aliphatic hydroxyl groups excluding tert-OH is 1. The van der Waals surface area contributed by atoms with Crippen LogP contribution in [-0.2, 0) is 19.6 Å². The van der Waals surface area contributed by atoms with Crippen molar-refractivity contribution in [1.29, 1.82) is 0 Å². The lowest BCUT2D eigenvalue weighted by molar-refractivity contribution is -0.0111. The van der Waals surface area contributed by atoms with Gasteiger partial charge in [0, 0.05) is 12.0 Å². The molecular formula is C27H38O6. The molecule has 0 radical (unpaired) electrons. The van der Waals surface area contributed by atoms with Gasteiger partial charge in [-0.15, -0.1) is 0 Å². The van der Waals surface area contributed by atoms with Crippen molar-refractivity contribution in [2.45, 2.75) is 51.2 Å². The van der Waals surface area contributed by atoms with Gasteiger partial charge in [0.05, 0.1) is 26.4 Å². The van der Waals surface area contributed by atoms with Gasteiger partial charge >= 0.3 is 0 Å². The van der Waals surface area contributed by atoms with E-state index in [4.69, 9.17) is 23.7 Å². The van der Waals surface area contributed by atoms with Gasteiger partial charge in [0.1, 0.15) is 36.9 Å². The quantitative estimate of drug-likeness (QED) is 0.298. The molecule has 1 saturated heterocycles. The molecule has 182 valence electrons. The first-order chi connectivity index (χ1) is 16.0. The van der Waals surface area contributed by atoms with E-state index in [-0.39, 0.29) is 24.7 Å².